The van der Waals surface area contributed by atoms with Gasteiger partial charge in [-0.2, -0.15) is 0 Å². The van der Waals surface area contributed by atoms with Gasteiger partial charge in [-0.15, -0.1) is 11.8 Å². The first kappa shape index (κ1) is 15.7. The highest BCUT2D eigenvalue weighted by molar-refractivity contribution is 7.98. The van der Waals surface area contributed by atoms with E-state index in [0.717, 1.165) is 26.2 Å². The van der Waals surface area contributed by atoms with E-state index in [4.69, 9.17) is 5.73 Å². The second-order valence-corrected chi connectivity index (χ2v) is 6.12. The van der Waals surface area contributed by atoms with E-state index < -0.39 is 0 Å². The molecule has 20 heavy (non-hydrogen) atoms. The molecule has 3 nitrogen and oxygen atoms in total. The SMILES string of the molecule is CCN(CC)C1CCN(c2cccc(SC)c2CN)C1. The fourth-order valence-electron chi connectivity index (χ4n) is 3.25. The van der Waals surface area contributed by atoms with Gasteiger partial charge in [0.2, 0.25) is 0 Å². The minimum Gasteiger partial charge on any atom is -0.370 e. The summed E-state index contributed by atoms with van der Waals surface area (Å²) in [6.07, 6.45) is 3.39. The van der Waals surface area contributed by atoms with Crippen molar-refractivity contribution in [2.75, 3.05) is 37.3 Å². The van der Waals surface area contributed by atoms with Crippen molar-refractivity contribution in [3.63, 3.8) is 0 Å². The lowest BCUT2D eigenvalue weighted by molar-refractivity contribution is 0.232. The molecule has 0 bridgehead atoms. The first-order valence-corrected chi connectivity index (χ1v) is 8.82. The second-order valence-electron chi connectivity index (χ2n) is 5.27. The van der Waals surface area contributed by atoms with Gasteiger partial charge in [-0.3, -0.25) is 4.90 Å². The van der Waals surface area contributed by atoms with Gasteiger partial charge in [-0.25, -0.2) is 0 Å². The molecule has 1 aromatic rings. The Hall–Kier alpha value is -0.710. The van der Waals surface area contributed by atoms with Crippen molar-refractivity contribution in [1.82, 2.24) is 4.90 Å². The molecule has 2 N–H and O–H groups in total. The molecule has 1 unspecified atom stereocenters. The van der Waals surface area contributed by atoms with E-state index in [9.17, 15) is 0 Å². The molecule has 1 atom stereocenters. The van der Waals surface area contributed by atoms with Crippen LogP contribution in [0.5, 0.6) is 0 Å². The predicted octanol–water partition coefficient (Wildman–Crippen LogP) is 2.79. The summed E-state index contributed by atoms with van der Waals surface area (Å²) < 4.78 is 0. The van der Waals surface area contributed by atoms with E-state index in [0.29, 0.717) is 12.6 Å². The zero-order chi connectivity index (χ0) is 14.5. The Morgan fingerprint density at radius 1 is 1.35 bits per heavy atom. The zero-order valence-electron chi connectivity index (χ0n) is 12.9. The molecular weight excluding hydrogens is 266 g/mol. The fourth-order valence-corrected chi connectivity index (χ4v) is 3.89. The van der Waals surface area contributed by atoms with Crippen molar-refractivity contribution in [3.05, 3.63) is 23.8 Å². The van der Waals surface area contributed by atoms with Crippen LogP contribution in [0.3, 0.4) is 0 Å². The average molecular weight is 293 g/mol. The molecule has 0 saturated carbocycles. The minimum absolute atomic E-state index is 0.624. The van der Waals surface area contributed by atoms with Crippen LogP contribution in [0.4, 0.5) is 5.69 Å². The Kier molecular flexibility index (Phi) is 5.75. The van der Waals surface area contributed by atoms with E-state index in [1.807, 2.05) is 0 Å². The van der Waals surface area contributed by atoms with Crippen LogP contribution in [0.1, 0.15) is 25.8 Å². The summed E-state index contributed by atoms with van der Waals surface area (Å²) in [6.45, 7) is 9.70. The molecule has 2 rings (SSSR count). The molecule has 1 aromatic carbocycles. The first-order chi connectivity index (χ1) is 9.74. The topological polar surface area (TPSA) is 32.5 Å². The van der Waals surface area contributed by atoms with Crippen LogP contribution < -0.4 is 10.6 Å². The molecule has 1 aliphatic rings. The number of benzene rings is 1. The van der Waals surface area contributed by atoms with Crippen LogP contribution >= 0.6 is 11.8 Å². The lowest BCUT2D eigenvalue weighted by Gasteiger charge is -2.27. The molecule has 4 heteroatoms. The number of anilines is 1. The van der Waals surface area contributed by atoms with Gasteiger partial charge in [0.05, 0.1) is 0 Å². The summed E-state index contributed by atoms with van der Waals surface area (Å²) in [5.74, 6) is 0. The lowest BCUT2D eigenvalue weighted by Crippen LogP contribution is -2.37. The molecule has 0 radical (unpaired) electrons. The standard InChI is InChI=1S/C16H27N3S/c1-4-18(5-2)13-9-10-19(12-13)15-7-6-8-16(20-3)14(15)11-17/h6-8,13H,4-5,9-12,17H2,1-3H3. The van der Waals surface area contributed by atoms with Crippen LogP contribution in [0.15, 0.2) is 23.1 Å². The van der Waals surface area contributed by atoms with Gasteiger partial charge in [-0.1, -0.05) is 19.9 Å². The molecule has 1 saturated heterocycles. The zero-order valence-corrected chi connectivity index (χ0v) is 13.7. The molecule has 0 spiro atoms. The van der Waals surface area contributed by atoms with Gasteiger partial charge in [0.25, 0.3) is 0 Å². The molecule has 1 fully saturated rings. The summed E-state index contributed by atoms with van der Waals surface area (Å²) in [7, 11) is 0. The smallest absolute Gasteiger partial charge is 0.0423 e. The van der Waals surface area contributed by atoms with Crippen LogP contribution in [-0.2, 0) is 6.54 Å². The maximum atomic E-state index is 5.99. The van der Waals surface area contributed by atoms with Crippen molar-refractivity contribution >= 4 is 17.4 Å². The number of hydrogen-bond donors (Lipinski definition) is 1. The van der Waals surface area contributed by atoms with Crippen LogP contribution in [0.25, 0.3) is 0 Å². The third-order valence-electron chi connectivity index (χ3n) is 4.37. The van der Waals surface area contributed by atoms with Gasteiger partial charge >= 0.3 is 0 Å². The third kappa shape index (κ3) is 3.13. The maximum Gasteiger partial charge on any atom is 0.0423 e. The van der Waals surface area contributed by atoms with Crippen molar-refractivity contribution in [3.8, 4) is 0 Å². The minimum atomic E-state index is 0.624. The summed E-state index contributed by atoms with van der Waals surface area (Å²) >= 11 is 1.79. The summed E-state index contributed by atoms with van der Waals surface area (Å²) in [4.78, 5) is 6.40. The second kappa shape index (κ2) is 7.34. The molecule has 1 heterocycles. The molecule has 112 valence electrons. The van der Waals surface area contributed by atoms with E-state index in [1.54, 1.807) is 11.8 Å². The number of nitrogens with zero attached hydrogens (tertiary/aromatic N) is 2. The average Bonchev–Trinajstić information content (AvgIpc) is 2.97. The van der Waals surface area contributed by atoms with E-state index in [2.05, 4.69) is 48.1 Å². The molecule has 1 aliphatic heterocycles. The Balaban J connectivity index is 2.17. The summed E-state index contributed by atoms with van der Waals surface area (Å²) in [5, 5.41) is 0. The maximum absolute atomic E-state index is 5.99. The summed E-state index contributed by atoms with van der Waals surface area (Å²) in [5.41, 5.74) is 8.64. The normalized spacial score (nSPS) is 19.1. The molecule has 0 aliphatic carbocycles. The van der Waals surface area contributed by atoms with E-state index in [1.165, 1.54) is 22.6 Å². The van der Waals surface area contributed by atoms with Gasteiger partial charge in [0.1, 0.15) is 0 Å². The third-order valence-corrected chi connectivity index (χ3v) is 5.19. The quantitative estimate of drug-likeness (QED) is 0.818. The van der Waals surface area contributed by atoms with Gasteiger partial charge < -0.3 is 10.6 Å². The number of hydrogen-bond acceptors (Lipinski definition) is 4. The van der Waals surface area contributed by atoms with Crippen LogP contribution in [-0.4, -0.2) is 43.4 Å². The molecule has 0 amide bonds. The van der Waals surface area contributed by atoms with E-state index >= 15 is 0 Å². The molecule has 0 aromatic heterocycles. The number of nitrogens with two attached hydrogens (primary N) is 1. The number of rotatable bonds is 6. The summed E-state index contributed by atoms with van der Waals surface area (Å²) in [6, 6.07) is 7.25. The number of thioether (sulfide) groups is 1. The number of likely N-dealkylation sites (N-methyl/N-ethyl adjacent to an activating group) is 1. The highest BCUT2D eigenvalue weighted by Gasteiger charge is 2.27. The molecular formula is C16H27N3S. The van der Waals surface area contributed by atoms with Crippen molar-refractivity contribution in [1.29, 1.82) is 0 Å². The van der Waals surface area contributed by atoms with Crippen LogP contribution in [0.2, 0.25) is 0 Å². The van der Waals surface area contributed by atoms with E-state index in [-0.39, 0.29) is 0 Å². The van der Waals surface area contributed by atoms with Gasteiger partial charge in [-0.05, 0) is 37.9 Å². The van der Waals surface area contributed by atoms with Crippen LogP contribution in [0, 0.1) is 0 Å². The van der Waals surface area contributed by atoms with Gasteiger partial charge in [0.15, 0.2) is 0 Å². The highest BCUT2D eigenvalue weighted by Crippen LogP contribution is 2.32. The lowest BCUT2D eigenvalue weighted by atomic mass is 10.1. The fraction of sp³-hybridized carbons (Fsp3) is 0.625. The van der Waals surface area contributed by atoms with Gasteiger partial charge in [0, 0.05) is 41.8 Å². The monoisotopic (exact) mass is 293 g/mol. The van der Waals surface area contributed by atoms with Crippen molar-refractivity contribution in [2.24, 2.45) is 5.73 Å². The Labute approximate surface area is 127 Å². The Morgan fingerprint density at radius 2 is 2.10 bits per heavy atom. The highest BCUT2D eigenvalue weighted by atomic mass is 32.2. The Morgan fingerprint density at radius 3 is 2.70 bits per heavy atom. The first-order valence-electron chi connectivity index (χ1n) is 7.60. The van der Waals surface area contributed by atoms with Crippen molar-refractivity contribution in [2.45, 2.75) is 37.8 Å². The largest absolute Gasteiger partial charge is 0.370 e. The Bertz CT molecular complexity index is 432. The predicted molar refractivity (Wildman–Crippen MR) is 89.7 cm³/mol. The van der Waals surface area contributed by atoms with Crippen molar-refractivity contribution < 1.29 is 0 Å².